The van der Waals surface area contributed by atoms with Crippen LogP contribution in [0.3, 0.4) is 0 Å². The zero-order chi connectivity index (χ0) is 15.1. The van der Waals surface area contributed by atoms with Crippen LogP contribution in [-0.2, 0) is 0 Å². The topological polar surface area (TPSA) is 43.8 Å². The van der Waals surface area contributed by atoms with Gasteiger partial charge >= 0.3 is 0 Å². The summed E-state index contributed by atoms with van der Waals surface area (Å²) >= 11 is 3.61. The number of aromatic nitrogens is 2. The van der Waals surface area contributed by atoms with Crippen LogP contribution in [0.25, 0.3) is 16.7 Å². The van der Waals surface area contributed by atoms with Crippen molar-refractivity contribution in [3.05, 3.63) is 57.8 Å². The van der Waals surface area contributed by atoms with E-state index < -0.39 is 0 Å². The summed E-state index contributed by atoms with van der Waals surface area (Å²) in [6.45, 7) is 6.22. The summed E-state index contributed by atoms with van der Waals surface area (Å²) in [6, 6.07) is 10.6. The number of imidazole rings is 1. The molecule has 1 atom stereocenters. The minimum absolute atomic E-state index is 0.0119. The fourth-order valence-corrected chi connectivity index (χ4v) is 3.23. The van der Waals surface area contributed by atoms with Crippen LogP contribution in [0.1, 0.15) is 29.7 Å². The van der Waals surface area contributed by atoms with E-state index >= 15 is 0 Å². The maximum absolute atomic E-state index is 5.96. The molecule has 3 aromatic rings. The molecule has 2 aromatic carbocycles. The van der Waals surface area contributed by atoms with Crippen molar-refractivity contribution >= 4 is 27.0 Å². The summed E-state index contributed by atoms with van der Waals surface area (Å²) in [5.74, 6) is 0. The standard InChI is InChI=1S/C17H18BrN3/c1-10-6-16-17(7-11(10)2)21(9-20-16)13-4-5-14(12(3)19)15(18)8-13/h4-9,12H,19H2,1-3H3/t12-/m1/s1. The largest absolute Gasteiger partial charge is 0.324 e. The molecule has 0 amide bonds. The third-order valence-electron chi connectivity index (χ3n) is 3.92. The molecule has 0 saturated carbocycles. The first kappa shape index (κ1) is 14.3. The molecule has 3 rings (SSSR count). The number of benzene rings is 2. The smallest absolute Gasteiger partial charge is 0.100 e. The van der Waals surface area contributed by atoms with Gasteiger partial charge < -0.3 is 5.73 Å². The molecule has 3 nitrogen and oxygen atoms in total. The fraction of sp³-hybridized carbons (Fsp3) is 0.235. The van der Waals surface area contributed by atoms with Crippen LogP contribution in [0, 0.1) is 13.8 Å². The lowest BCUT2D eigenvalue weighted by Crippen LogP contribution is -2.06. The molecule has 1 aromatic heterocycles. The number of fused-ring (bicyclic) bond motifs is 1. The van der Waals surface area contributed by atoms with Crippen molar-refractivity contribution < 1.29 is 0 Å². The maximum Gasteiger partial charge on any atom is 0.100 e. The first-order chi connectivity index (χ1) is 9.97. The third-order valence-corrected chi connectivity index (χ3v) is 4.60. The first-order valence-electron chi connectivity index (χ1n) is 6.97. The van der Waals surface area contributed by atoms with Crippen LogP contribution >= 0.6 is 15.9 Å². The molecule has 0 unspecified atom stereocenters. The van der Waals surface area contributed by atoms with Crippen LogP contribution in [0.4, 0.5) is 0 Å². The number of hydrogen-bond donors (Lipinski definition) is 1. The second-order valence-corrected chi connectivity index (χ2v) is 6.39. The van der Waals surface area contributed by atoms with Gasteiger partial charge in [-0.3, -0.25) is 4.57 Å². The van der Waals surface area contributed by atoms with E-state index in [1.54, 1.807) is 0 Å². The van der Waals surface area contributed by atoms with Gasteiger partial charge in [0.25, 0.3) is 0 Å². The number of rotatable bonds is 2. The summed E-state index contributed by atoms with van der Waals surface area (Å²) in [6.07, 6.45) is 1.87. The molecule has 4 heteroatoms. The Hall–Kier alpha value is -1.65. The number of hydrogen-bond acceptors (Lipinski definition) is 2. The lowest BCUT2D eigenvalue weighted by molar-refractivity contribution is 0.812. The Bertz CT molecular complexity index is 818. The highest BCUT2D eigenvalue weighted by atomic mass is 79.9. The summed E-state index contributed by atoms with van der Waals surface area (Å²) in [7, 11) is 0. The Morgan fingerprint density at radius 3 is 2.52 bits per heavy atom. The SMILES string of the molecule is Cc1cc2ncn(-c3ccc([C@@H](C)N)c(Br)c3)c2cc1C. The van der Waals surface area contributed by atoms with Crippen molar-refractivity contribution in [1.29, 1.82) is 0 Å². The normalized spacial score (nSPS) is 12.8. The van der Waals surface area contributed by atoms with Gasteiger partial charge in [0.2, 0.25) is 0 Å². The van der Waals surface area contributed by atoms with Gasteiger partial charge in [-0.2, -0.15) is 0 Å². The summed E-state index contributed by atoms with van der Waals surface area (Å²) < 4.78 is 3.14. The number of halogens is 1. The van der Waals surface area contributed by atoms with Gasteiger partial charge in [0.15, 0.2) is 0 Å². The molecule has 0 aliphatic heterocycles. The van der Waals surface area contributed by atoms with Crippen LogP contribution in [0.2, 0.25) is 0 Å². The van der Waals surface area contributed by atoms with E-state index in [0.717, 1.165) is 26.8 Å². The first-order valence-corrected chi connectivity index (χ1v) is 7.76. The molecule has 1 heterocycles. The molecule has 0 spiro atoms. The molecule has 0 saturated heterocycles. The van der Waals surface area contributed by atoms with Crippen LogP contribution in [-0.4, -0.2) is 9.55 Å². The predicted molar refractivity (Wildman–Crippen MR) is 90.8 cm³/mol. The number of nitrogens with two attached hydrogens (primary N) is 1. The highest BCUT2D eigenvalue weighted by Gasteiger charge is 2.10. The van der Waals surface area contributed by atoms with E-state index in [-0.39, 0.29) is 6.04 Å². The summed E-state index contributed by atoms with van der Waals surface area (Å²) in [5, 5.41) is 0. The van der Waals surface area contributed by atoms with Gasteiger partial charge in [-0.15, -0.1) is 0 Å². The second-order valence-electron chi connectivity index (χ2n) is 5.53. The van der Waals surface area contributed by atoms with Crippen molar-refractivity contribution in [3.8, 4) is 5.69 Å². The van der Waals surface area contributed by atoms with Crippen molar-refractivity contribution in [2.75, 3.05) is 0 Å². The van der Waals surface area contributed by atoms with E-state index in [2.05, 4.69) is 69.7 Å². The molecular formula is C17H18BrN3. The van der Waals surface area contributed by atoms with E-state index in [1.165, 1.54) is 11.1 Å². The highest BCUT2D eigenvalue weighted by molar-refractivity contribution is 9.10. The molecule has 21 heavy (non-hydrogen) atoms. The minimum atomic E-state index is 0.0119. The Balaban J connectivity index is 2.17. The Labute approximate surface area is 132 Å². The van der Waals surface area contributed by atoms with E-state index in [1.807, 2.05) is 13.3 Å². The second kappa shape index (κ2) is 5.28. The molecule has 108 valence electrons. The predicted octanol–water partition coefficient (Wildman–Crippen LogP) is 4.42. The van der Waals surface area contributed by atoms with Gasteiger partial charge in [0, 0.05) is 16.2 Å². The minimum Gasteiger partial charge on any atom is -0.324 e. The van der Waals surface area contributed by atoms with Gasteiger partial charge in [-0.1, -0.05) is 22.0 Å². The zero-order valence-corrected chi connectivity index (χ0v) is 14.0. The van der Waals surface area contributed by atoms with Crippen molar-refractivity contribution in [2.45, 2.75) is 26.8 Å². The van der Waals surface area contributed by atoms with Crippen molar-refractivity contribution in [1.82, 2.24) is 9.55 Å². The van der Waals surface area contributed by atoms with Gasteiger partial charge in [0.1, 0.15) is 6.33 Å². The zero-order valence-electron chi connectivity index (χ0n) is 12.4. The van der Waals surface area contributed by atoms with Gasteiger partial charge in [-0.05, 0) is 61.7 Å². The average Bonchev–Trinajstić information content (AvgIpc) is 2.81. The highest BCUT2D eigenvalue weighted by Crippen LogP contribution is 2.27. The molecule has 0 bridgehead atoms. The van der Waals surface area contributed by atoms with Crippen LogP contribution in [0.15, 0.2) is 41.1 Å². The number of nitrogens with zero attached hydrogens (tertiary/aromatic N) is 2. The monoisotopic (exact) mass is 343 g/mol. The summed E-state index contributed by atoms with van der Waals surface area (Å²) in [5.41, 5.74) is 12.8. The van der Waals surface area contributed by atoms with Gasteiger partial charge in [-0.25, -0.2) is 4.98 Å². The molecule has 0 fully saturated rings. The molecule has 0 radical (unpaired) electrons. The molecule has 0 aliphatic carbocycles. The molecule has 0 aliphatic rings. The van der Waals surface area contributed by atoms with Crippen LogP contribution in [0.5, 0.6) is 0 Å². The van der Waals surface area contributed by atoms with Crippen molar-refractivity contribution in [3.63, 3.8) is 0 Å². The van der Waals surface area contributed by atoms with E-state index in [0.29, 0.717) is 0 Å². The Morgan fingerprint density at radius 1 is 1.14 bits per heavy atom. The Kier molecular flexibility index (Phi) is 3.59. The van der Waals surface area contributed by atoms with Gasteiger partial charge in [0.05, 0.1) is 11.0 Å². The molecule has 2 N–H and O–H groups in total. The third kappa shape index (κ3) is 2.49. The van der Waals surface area contributed by atoms with E-state index in [4.69, 9.17) is 5.73 Å². The quantitative estimate of drug-likeness (QED) is 0.748. The number of aryl methyl sites for hydroxylation is 2. The fourth-order valence-electron chi connectivity index (χ4n) is 2.51. The lowest BCUT2D eigenvalue weighted by atomic mass is 10.1. The summed E-state index contributed by atoms with van der Waals surface area (Å²) in [4.78, 5) is 4.51. The van der Waals surface area contributed by atoms with Crippen LogP contribution < -0.4 is 5.73 Å². The van der Waals surface area contributed by atoms with Crippen molar-refractivity contribution in [2.24, 2.45) is 5.73 Å². The lowest BCUT2D eigenvalue weighted by Gasteiger charge is -2.12. The molecular weight excluding hydrogens is 326 g/mol. The Morgan fingerprint density at radius 2 is 1.86 bits per heavy atom. The average molecular weight is 344 g/mol. The van der Waals surface area contributed by atoms with E-state index in [9.17, 15) is 0 Å². The maximum atomic E-state index is 5.96.